The van der Waals surface area contributed by atoms with Gasteiger partial charge in [-0.15, -0.1) is 22.7 Å². The van der Waals surface area contributed by atoms with Crippen molar-refractivity contribution in [3.8, 4) is 23.4 Å². The van der Waals surface area contributed by atoms with Gasteiger partial charge in [0.1, 0.15) is 33.3 Å². The molecule has 11 heteroatoms. The Morgan fingerprint density at radius 2 is 1.10 bits per heavy atom. The standard InChI is InChI=1S/C56H36B2ClN6S2/c1-36-17-11-12-24-42(36)53-51-50(54(44(35-61)56-63-46-26-14-16-28-49(46)67-56)65(53)58(39-20-7-3-8-21-39)40-22-9-4-10-23-40)47(33-37-29-31-41(59)32-30-37)64(57-38-18-5-2-6-19-38)52(51)43(34-60)55-62-45-25-13-15-27-48(45)66-55/h2-32H,33H2,1H3/b52-43-,54-44-. The van der Waals surface area contributed by atoms with Crippen LogP contribution in [0.25, 0.3) is 53.6 Å². The van der Waals surface area contributed by atoms with Gasteiger partial charge in [-0.05, 0) is 54.4 Å². The molecule has 0 atom stereocenters. The van der Waals surface area contributed by atoms with E-state index in [0.29, 0.717) is 43.3 Å². The number of nitrogens with zero attached hydrogens (tertiary/aromatic N) is 6. The summed E-state index contributed by atoms with van der Waals surface area (Å²) in [5.41, 5.74) is 10.3. The number of aryl methyl sites for hydroxylation is 1. The normalized spacial score (nSPS) is 12.2. The fraction of sp³-hybridized carbons (Fsp3) is 0.0357. The highest BCUT2D eigenvalue weighted by molar-refractivity contribution is 7.20. The number of fused-ring (bicyclic) bond motifs is 3. The molecule has 4 aromatic heterocycles. The molecule has 0 aliphatic rings. The lowest BCUT2D eigenvalue weighted by molar-refractivity contribution is 1.02. The third kappa shape index (κ3) is 7.66. The van der Waals surface area contributed by atoms with Crippen molar-refractivity contribution >= 4 is 107 Å². The van der Waals surface area contributed by atoms with Crippen LogP contribution in [0.3, 0.4) is 0 Å². The molecule has 0 unspecified atom stereocenters. The Kier molecular flexibility index (Phi) is 11.2. The van der Waals surface area contributed by atoms with Crippen LogP contribution in [0.5, 0.6) is 0 Å². The molecule has 7 aromatic carbocycles. The van der Waals surface area contributed by atoms with Gasteiger partial charge in [-0.3, -0.25) is 0 Å². The van der Waals surface area contributed by atoms with Gasteiger partial charge >= 0.3 is 6.85 Å². The summed E-state index contributed by atoms with van der Waals surface area (Å²) in [6, 6.07) is 69.0. The van der Waals surface area contributed by atoms with Gasteiger partial charge in [-0.1, -0.05) is 180 Å². The molecule has 67 heavy (non-hydrogen) atoms. The summed E-state index contributed by atoms with van der Waals surface area (Å²) < 4.78 is 6.53. The van der Waals surface area contributed by atoms with Crippen molar-refractivity contribution in [1.82, 2.24) is 18.9 Å². The molecular weight excluding hydrogens is 878 g/mol. The second-order valence-electron chi connectivity index (χ2n) is 16.3. The molecule has 0 aliphatic heterocycles. The van der Waals surface area contributed by atoms with E-state index < -0.39 is 6.85 Å². The number of nitriles is 2. The summed E-state index contributed by atoms with van der Waals surface area (Å²) in [7, 11) is 2.12. The van der Waals surface area contributed by atoms with E-state index in [4.69, 9.17) is 21.6 Å². The monoisotopic (exact) mass is 913 g/mol. The first kappa shape index (κ1) is 41.9. The number of halogens is 1. The molecule has 0 aliphatic carbocycles. The van der Waals surface area contributed by atoms with Crippen molar-refractivity contribution in [2.75, 3.05) is 0 Å². The van der Waals surface area contributed by atoms with Crippen LogP contribution in [0, 0.1) is 29.6 Å². The highest BCUT2D eigenvalue weighted by atomic mass is 35.5. The third-order valence-electron chi connectivity index (χ3n) is 12.2. The van der Waals surface area contributed by atoms with E-state index in [-0.39, 0.29) is 0 Å². The second-order valence-corrected chi connectivity index (χ2v) is 18.8. The molecule has 6 nitrogen and oxygen atoms in total. The zero-order chi connectivity index (χ0) is 45.4. The largest absolute Gasteiger partial charge is 0.386 e. The Morgan fingerprint density at radius 3 is 1.66 bits per heavy atom. The molecule has 4 heterocycles. The van der Waals surface area contributed by atoms with E-state index in [1.165, 1.54) is 22.7 Å². The highest BCUT2D eigenvalue weighted by Gasteiger charge is 2.35. The van der Waals surface area contributed by atoms with Gasteiger partial charge < -0.3 is 8.96 Å². The summed E-state index contributed by atoms with van der Waals surface area (Å²) in [5.74, 6) is 0. The van der Waals surface area contributed by atoms with Crippen LogP contribution < -0.4 is 27.1 Å². The zero-order valence-corrected chi connectivity index (χ0v) is 38.5. The van der Waals surface area contributed by atoms with E-state index in [9.17, 15) is 10.5 Å². The number of hydrogen-bond acceptors (Lipinski definition) is 6. The molecule has 0 N–H and O–H groups in total. The second kappa shape index (κ2) is 17.9. The predicted molar refractivity (Wildman–Crippen MR) is 280 cm³/mol. The summed E-state index contributed by atoms with van der Waals surface area (Å²) in [6.07, 6.45) is 0.430. The van der Waals surface area contributed by atoms with Crippen LogP contribution >= 0.6 is 34.3 Å². The van der Waals surface area contributed by atoms with Crippen molar-refractivity contribution in [3.63, 3.8) is 0 Å². The fourth-order valence-electron chi connectivity index (χ4n) is 9.25. The molecule has 0 fully saturated rings. The van der Waals surface area contributed by atoms with Crippen molar-refractivity contribution in [3.05, 3.63) is 231 Å². The van der Waals surface area contributed by atoms with Crippen molar-refractivity contribution in [2.24, 2.45) is 0 Å². The van der Waals surface area contributed by atoms with Crippen LogP contribution in [0.1, 0.15) is 26.8 Å². The van der Waals surface area contributed by atoms with Gasteiger partial charge in [-0.25, -0.2) is 9.97 Å². The summed E-state index contributed by atoms with van der Waals surface area (Å²) in [4.78, 5) is 10.4. The lowest BCUT2D eigenvalue weighted by atomic mass is 9.50. The first-order valence-electron chi connectivity index (χ1n) is 21.9. The van der Waals surface area contributed by atoms with Gasteiger partial charge in [-0.2, -0.15) is 10.5 Å². The molecule has 315 valence electrons. The first-order valence-corrected chi connectivity index (χ1v) is 23.9. The number of hydrogen-bond donors (Lipinski definition) is 0. The average Bonchev–Trinajstić information content (AvgIpc) is 4.14. The molecule has 0 amide bonds. The van der Waals surface area contributed by atoms with Crippen LogP contribution in [0.4, 0.5) is 0 Å². The van der Waals surface area contributed by atoms with Crippen LogP contribution in [-0.4, -0.2) is 33.2 Å². The molecule has 0 saturated carbocycles. The fourth-order valence-corrected chi connectivity index (χ4v) is 11.3. The third-order valence-corrected chi connectivity index (χ3v) is 14.6. The van der Waals surface area contributed by atoms with E-state index in [1.807, 2.05) is 97.1 Å². The number of benzene rings is 7. The minimum Gasteiger partial charge on any atom is -0.386 e. The predicted octanol–water partition coefficient (Wildman–Crippen LogP) is 9.77. The van der Waals surface area contributed by atoms with Gasteiger partial charge in [0, 0.05) is 39.2 Å². The van der Waals surface area contributed by atoms with Crippen molar-refractivity contribution in [1.29, 1.82) is 10.5 Å². The quantitative estimate of drug-likeness (QED) is 0.128. The number of para-hydroxylation sites is 2. The SMILES string of the molecule is Cc1ccccc1-c1c2/c(=C(\C#N)c3nc4ccccc4s3)n([B]c3ccccc3)c(Cc3ccc(Cl)cc3)c2/c(=C(\C#N)c2nc3ccccc3s2)n1B(c1ccccc1)c1ccccc1. The molecular formula is C56H36B2ClN6S2. The van der Waals surface area contributed by atoms with Gasteiger partial charge in [0.15, 0.2) is 0 Å². The molecule has 11 aromatic rings. The first-order chi connectivity index (χ1) is 33.0. The average molecular weight is 914 g/mol. The van der Waals surface area contributed by atoms with E-state index in [1.54, 1.807) is 0 Å². The van der Waals surface area contributed by atoms with E-state index >= 15 is 0 Å². The van der Waals surface area contributed by atoms with Crippen molar-refractivity contribution < 1.29 is 0 Å². The molecule has 0 saturated heterocycles. The van der Waals surface area contributed by atoms with Gasteiger partial charge in [0.2, 0.25) is 0 Å². The van der Waals surface area contributed by atoms with Crippen LogP contribution in [0.15, 0.2) is 188 Å². The lowest BCUT2D eigenvalue weighted by Gasteiger charge is -2.23. The van der Waals surface area contributed by atoms with E-state index in [0.717, 1.165) is 75.7 Å². The Balaban J connectivity index is 1.46. The zero-order valence-electron chi connectivity index (χ0n) is 36.1. The summed E-state index contributed by atoms with van der Waals surface area (Å²) in [6.45, 7) is 1.69. The maximum absolute atomic E-state index is 11.9. The Hall–Kier alpha value is -7.72. The van der Waals surface area contributed by atoms with Crippen molar-refractivity contribution in [2.45, 2.75) is 13.3 Å². The lowest BCUT2D eigenvalue weighted by Crippen LogP contribution is -2.53. The minimum atomic E-state index is -0.437. The van der Waals surface area contributed by atoms with Crippen LogP contribution in [0.2, 0.25) is 5.02 Å². The molecule has 0 spiro atoms. The summed E-state index contributed by atoms with van der Waals surface area (Å²) in [5, 5.41) is 28.6. The molecule has 0 bridgehead atoms. The van der Waals surface area contributed by atoms with Crippen LogP contribution in [-0.2, 0) is 6.42 Å². The van der Waals surface area contributed by atoms with Gasteiger partial charge in [0.05, 0.1) is 31.1 Å². The number of thiazole rings is 2. The smallest absolute Gasteiger partial charge is 0.328 e. The Bertz CT molecular complexity index is 3760. The molecule has 11 rings (SSSR count). The molecule has 1 radical (unpaired) electrons. The highest BCUT2D eigenvalue weighted by Crippen LogP contribution is 2.36. The minimum absolute atomic E-state index is 0.425. The number of aromatic nitrogens is 4. The Labute approximate surface area is 401 Å². The van der Waals surface area contributed by atoms with Gasteiger partial charge in [0.25, 0.3) is 7.41 Å². The maximum atomic E-state index is 11.9. The van der Waals surface area contributed by atoms with E-state index in [2.05, 4.69) is 126 Å². The summed E-state index contributed by atoms with van der Waals surface area (Å²) >= 11 is 9.57. The topological polar surface area (TPSA) is 83.2 Å². The Morgan fingerprint density at radius 1 is 0.597 bits per heavy atom. The number of rotatable bonds is 10. The maximum Gasteiger partial charge on any atom is 0.328 e.